The van der Waals surface area contributed by atoms with Crippen molar-refractivity contribution < 1.29 is 9.53 Å². The summed E-state index contributed by atoms with van der Waals surface area (Å²) in [5, 5.41) is 3.76. The highest BCUT2D eigenvalue weighted by molar-refractivity contribution is 5.81. The van der Waals surface area contributed by atoms with Crippen molar-refractivity contribution in [2.75, 3.05) is 6.61 Å². The Kier molecular flexibility index (Phi) is 5.70. The molecule has 0 heterocycles. The topological polar surface area (TPSA) is 38.3 Å². The van der Waals surface area contributed by atoms with Crippen LogP contribution in [0.2, 0.25) is 0 Å². The van der Waals surface area contributed by atoms with E-state index in [9.17, 15) is 4.79 Å². The highest BCUT2D eigenvalue weighted by atomic mass is 16.5. The zero-order valence-electron chi connectivity index (χ0n) is 14.2. The Morgan fingerprint density at radius 1 is 1.05 bits per heavy atom. The largest absolute Gasteiger partial charge is 0.465 e. The van der Waals surface area contributed by atoms with Gasteiger partial charge in [0, 0.05) is 6.04 Å². The third kappa shape index (κ3) is 4.45. The van der Waals surface area contributed by atoms with Gasteiger partial charge in [0.2, 0.25) is 0 Å². The molecule has 2 aliphatic carbocycles. The minimum atomic E-state index is -0.425. The fourth-order valence-electron chi connectivity index (χ4n) is 3.98. The Morgan fingerprint density at radius 3 is 2.43 bits per heavy atom. The molecule has 0 aliphatic heterocycles. The summed E-state index contributed by atoms with van der Waals surface area (Å²) in [6, 6.07) is 0.504. The number of esters is 1. The lowest BCUT2D eigenvalue weighted by molar-refractivity contribution is -0.152. The van der Waals surface area contributed by atoms with Crippen LogP contribution in [0.3, 0.4) is 0 Å². The zero-order valence-corrected chi connectivity index (χ0v) is 14.2. The van der Waals surface area contributed by atoms with E-state index in [-0.39, 0.29) is 5.97 Å². The van der Waals surface area contributed by atoms with Crippen LogP contribution in [0.25, 0.3) is 0 Å². The number of rotatable bonds is 4. The first-order valence-corrected chi connectivity index (χ1v) is 8.92. The SMILES string of the molecule is CCOC(=O)C1(NC2CCCCC2)CCCC(C)(C)CC1. The molecule has 2 rings (SSSR count). The van der Waals surface area contributed by atoms with Crippen LogP contribution in [-0.4, -0.2) is 24.2 Å². The second-order valence-electron chi connectivity index (χ2n) is 7.80. The third-order valence-electron chi connectivity index (χ3n) is 5.44. The summed E-state index contributed by atoms with van der Waals surface area (Å²) < 4.78 is 5.45. The van der Waals surface area contributed by atoms with E-state index in [1.165, 1.54) is 38.5 Å². The van der Waals surface area contributed by atoms with Crippen LogP contribution >= 0.6 is 0 Å². The molecule has 0 aromatic carbocycles. The van der Waals surface area contributed by atoms with E-state index < -0.39 is 5.54 Å². The fourth-order valence-corrected chi connectivity index (χ4v) is 3.98. The van der Waals surface area contributed by atoms with Gasteiger partial charge in [0.05, 0.1) is 6.61 Å². The molecule has 3 heteroatoms. The second kappa shape index (κ2) is 7.13. The van der Waals surface area contributed by atoms with Gasteiger partial charge in [-0.3, -0.25) is 10.1 Å². The van der Waals surface area contributed by atoms with Gasteiger partial charge in [-0.25, -0.2) is 0 Å². The molecule has 0 bridgehead atoms. The van der Waals surface area contributed by atoms with Crippen molar-refractivity contribution in [2.45, 2.75) is 96.6 Å². The average molecular weight is 295 g/mol. The number of hydrogen-bond acceptors (Lipinski definition) is 3. The Labute approximate surface area is 130 Å². The van der Waals surface area contributed by atoms with Crippen molar-refractivity contribution in [3.8, 4) is 0 Å². The number of hydrogen-bond donors (Lipinski definition) is 1. The number of nitrogens with one attached hydrogen (secondary N) is 1. The minimum Gasteiger partial charge on any atom is -0.465 e. The molecule has 0 radical (unpaired) electrons. The maximum Gasteiger partial charge on any atom is 0.326 e. The highest BCUT2D eigenvalue weighted by Gasteiger charge is 2.44. The highest BCUT2D eigenvalue weighted by Crippen LogP contribution is 2.39. The number of carbonyl (C=O) groups excluding carboxylic acids is 1. The zero-order chi connectivity index (χ0) is 15.3. The molecule has 3 nitrogen and oxygen atoms in total. The molecular formula is C18H33NO2. The first kappa shape index (κ1) is 16.8. The molecule has 0 amide bonds. The molecule has 2 aliphatic rings. The van der Waals surface area contributed by atoms with E-state index in [0.717, 1.165) is 25.7 Å². The Bertz CT molecular complexity index is 347. The minimum absolute atomic E-state index is 0.00623. The summed E-state index contributed by atoms with van der Waals surface area (Å²) in [6.07, 6.45) is 11.6. The summed E-state index contributed by atoms with van der Waals surface area (Å²) in [7, 11) is 0. The van der Waals surface area contributed by atoms with Gasteiger partial charge in [0.25, 0.3) is 0 Å². The van der Waals surface area contributed by atoms with Gasteiger partial charge in [-0.05, 0) is 50.9 Å². The number of carbonyl (C=O) groups is 1. The summed E-state index contributed by atoms with van der Waals surface area (Å²) in [4.78, 5) is 12.7. The Hall–Kier alpha value is -0.570. The van der Waals surface area contributed by atoms with Gasteiger partial charge in [0.15, 0.2) is 0 Å². The Morgan fingerprint density at radius 2 is 1.76 bits per heavy atom. The molecular weight excluding hydrogens is 262 g/mol. The van der Waals surface area contributed by atoms with Crippen molar-refractivity contribution in [2.24, 2.45) is 5.41 Å². The lowest BCUT2D eigenvalue weighted by atomic mass is 9.82. The van der Waals surface area contributed by atoms with Gasteiger partial charge >= 0.3 is 5.97 Å². The molecule has 1 atom stereocenters. The van der Waals surface area contributed by atoms with Crippen molar-refractivity contribution in [3.05, 3.63) is 0 Å². The molecule has 1 N–H and O–H groups in total. The predicted octanol–water partition coefficient (Wildman–Crippen LogP) is 4.20. The van der Waals surface area contributed by atoms with E-state index in [1.807, 2.05) is 6.92 Å². The summed E-state index contributed by atoms with van der Waals surface area (Å²) in [6.45, 7) is 7.05. The van der Waals surface area contributed by atoms with Crippen LogP contribution in [0.1, 0.15) is 85.0 Å². The molecule has 1 unspecified atom stereocenters. The molecule has 0 spiro atoms. The van der Waals surface area contributed by atoms with Crippen LogP contribution in [0, 0.1) is 5.41 Å². The van der Waals surface area contributed by atoms with Crippen molar-refractivity contribution >= 4 is 5.97 Å². The summed E-state index contributed by atoms with van der Waals surface area (Å²) in [5.74, 6) is -0.00623. The third-order valence-corrected chi connectivity index (χ3v) is 5.44. The molecule has 0 saturated heterocycles. The Balaban J connectivity index is 2.11. The van der Waals surface area contributed by atoms with Crippen molar-refractivity contribution in [1.29, 1.82) is 0 Å². The number of ether oxygens (including phenoxy) is 1. The predicted molar refractivity (Wildman–Crippen MR) is 86.2 cm³/mol. The maximum absolute atomic E-state index is 12.7. The standard InChI is InChI=1S/C18H33NO2/c1-4-21-16(20)18(19-15-9-6-5-7-10-15)12-8-11-17(2,3)13-14-18/h15,19H,4-14H2,1-3H3. The lowest BCUT2D eigenvalue weighted by Crippen LogP contribution is -2.57. The van der Waals surface area contributed by atoms with E-state index in [4.69, 9.17) is 4.74 Å². The van der Waals surface area contributed by atoms with Crippen LogP contribution in [0.15, 0.2) is 0 Å². The van der Waals surface area contributed by atoms with Gasteiger partial charge in [-0.2, -0.15) is 0 Å². The monoisotopic (exact) mass is 295 g/mol. The lowest BCUT2D eigenvalue weighted by Gasteiger charge is -2.37. The smallest absolute Gasteiger partial charge is 0.326 e. The normalized spacial score (nSPS) is 30.6. The quantitative estimate of drug-likeness (QED) is 0.624. The molecule has 21 heavy (non-hydrogen) atoms. The molecule has 2 fully saturated rings. The summed E-state index contributed by atoms with van der Waals surface area (Å²) >= 11 is 0. The van der Waals surface area contributed by atoms with Crippen LogP contribution in [0.5, 0.6) is 0 Å². The fraction of sp³-hybridized carbons (Fsp3) is 0.944. The van der Waals surface area contributed by atoms with Crippen molar-refractivity contribution in [3.63, 3.8) is 0 Å². The summed E-state index contributed by atoms with van der Waals surface area (Å²) in [5.41, 5.74) is -0.0751. The van der Waals surface area contributed by atoms with Crippen molar-refractivity contribution in [1.82, 2.24) is 5.32 Å². The first-order valence-electron chi connectivity index (χ1n) is 8.92. The molecule has 2 saturated carbocycles. The molecule has 122 valence electrons. The van der Waals surface area contributed by atoms with Gasteiger partial charge in [-0.15, -0.1) is 0 Å². The van der Waals surface area contributed by atoms with Gasteiger partial charge < -0.3 is 4.74 Å². The van der Waals surface area contributed by atoms with Crippen LogP contribution < -0.4 is 5.32 Å². The average Bonchev–Trinajstić information content (AvgIpc) is 2.60. The van der Waals surface area contributed by atoms with Gasteiger partial charge in [-0.1, -0.05) is 39.5 Å². The molecule has 0 aromatic rings. The first-order chi connectivity index (χ1) is 9.97. The molecule has 0 aromatic heterocycles. The second-order valence-corrected chi connectivity index (χ2v) is 7.80. The van der Waals surface area contributed by atoms with E-state index in [1.54, 1.807) is 0 Å². The van der Waals surface area contributed by atoms with E-state index in [2.05, 4.69) is 19.2 Å². The van der Waals surface area contributed by atoms with E-state index in [0.29, 0.717) is 18.1 Å². The van der Waals surface area contributed by atoms with Crippen LogP contribution in [-0.2, 0) is 9.53 Å². The van der Waals surface area contributed by atoms with Gasteiger partial charge in [0.1, 0.15) is 5.54 Å². The maximum atomic E-state index is 12.7. The van der Waals surface area contributed by atoms with Crippen LogP contribution in [0.4, 0.5) is 0 Å². The van der Waals surface area contributed by atoms with E-state index >= 15 is 0 Å².